The number of hydrogen-bond acceptors (Lipinski definition) is 0. The third kappa shape index (κ3) is 4.68. The van der Waals surface area contributed by atoms with E-state index < -0.39 is 0 Å². The van der Waals surface area contributed by atoms with E-state index in [1.807, 2.05) is 0 Å². The maximum Gasteiger partial charge on any atom is 0.0364 e. The molecule has 0 aromatic rings. The minimum Gasteiger partial charge on any atom is -0.123 e. The van der Waals surface area contributed by atoms with Crippen LogP contribution in [0.15, 0.2) is 0 Å². The minimum absolute atomic E-state index is 0.477. The molecule has 1 saturated carbocycles. The van der Waals surface area contributed by atoms with E-state index in [1.54, 1.807) is 0 Å². The second-order valence-electron chi connectivity index (χ2n) is 5.24. The van der Waals surface area contributed by atoms with Crippen molar-refractivity contribution in [1.29, 1.82) is 0 Å². The first-order chi connectivity index (χ1) is 6.70. The summed E-state index contributed by atoms with van der Waals surface area (Å²) < 4.78 is 0. The van der Waals surface area contributed by atoms with Crippen molar-refractivity contribution < 1.29 is 0 Å². The molecule has 0 heterocycles. The Labute approximate surface area is 94.4 Å². The van der Waals surface area contributed by atoms with Gasteiger partial charge in [-0.05, 0) is 31.1 Å². The fourth-order valence-corrected chi connectivity index (χ4v) is 2.86. The highest BCUT2D eigenvalue weighted by Gasteiger charge is 2.20. The molecule has 0 amide bonds. The van der Waals surface area contributed by atoms with E-state index in [4.69, 9.17) is 11.6 Å². The van der Waals surface area contributed by atoms with Crippen LogP contribution in [0.25, 0.3) is 0 Å². The first-order valence-electron chi connectivity index (χ1n) is 6.34. The Morgan fingerprint density at radius 1 is 1.14 bits per heavy atom. The molecule has 0 nitrogen and oxygen atoms in total. The largest absolute Gasteiger partial charge is 0.123 e. The summed E-state index contributed by atoms with van der Waals surface area (Å²) in [7, 11) is 0. The first kappa shape index (κ1) is 12.4. The van der Waals surface area contributed by atoms with Gasteiger partial charge in [0, 0.05) is 5.38 Å². The molecule has 0 N–H and O–H groups in total. The lowest BCUT2D eigenvalue weighted by Gasteiger charge is -2.19. The van der Waals surface area contributed by atoms with Gasteiger partial charge in [-0.2, -0.15) is 0 Å². The van der Waals surface area contributed by atoms with Crippen LogP contribution in [-0.2, 0) is 0 Å². The molecule has 0 aromatic carbocycles. The fourth-order valence-electron chi connectivity index (χ4n) is 2.45. The quantitative estimate of drug-likeness (QED) is 0.458. The summed E-state index contributed by atoms with van der Waals surface area (Å²) in [6.45, 7) is 4.62. The number of rotatable bonds is 4. The van der Waals surface area contributed by atoms with Gasteiger partial charge >= 0.3 is 0 Å². The molecule has 0 aliphatic heterocycles. The lowest BCUT2D eigenvalue weighted by atomic mass is 9.92. The predicted octanol–water partition coefficient (Wildman–Crippen LogP) is 5.00. The SMILES string of the molecule is CC(C)CCCC1CCCCCC1Cl. The van der Waals surface area contributed by atoms with Crippen molar-refractivity contribution in [1.82, 2.24) is 0 Å². The van der Waals surface area contributed by atoms with E-state index in [1.165, 1.54) is 51.4 Å². The summed E-state index contributed by atoms with van der Waals surface area (Å²) in [5.41, 5.74) is 0. The second kappa shape index (κ2) is 6.71. The molecule has 0 saturated heterocycles. The lowest BCUT2D eigenvalue weighted by molar-refractivity contribution is 0.398. The second-order valence-corrected chi connectivity index (χ2v) is 5.80. The Morgan fingerprint density at radius 2 is 1.86 bits per heavy atom. The maximum atomic E-state index is 6.40. The molecule has 2 atom stereocenters. The standard InChI is InChI=1S/C13H25Cl/c1-11(2)7-6-9-12-8-4-3-5-10-13(12)14/h11-13H,3-10H2,1-2H3. The highest BCUT2D eigenvalue weighted by Crippen LogP contribution is 2.31. The van der Waals surface area contributed by atoms with Crippen molar-refractivity contribution in [3.8, 4) is 0 Å². The zero-order valence-electron chi connectivity index (χ0n) is 9.77. The molecule has 84 valence electrons. The van der Waals surface area contributed by atoms with Gasteiger partial charge in [-0.15, -0.1) is 11.6 Å². The van der Waals surface area contributed by atoms with Gasteiger partial charge in [0.25, 0.3) is 0 Å². The monoisotopic (exact) mass is 216 g/mol. The van der Waals surface area contributed by atoms with Crippen LogP contribution in [0.4, 0.5) is 0 Å². The minimum atomic E-state index is 0.477. The molecule has 1 rings (SSSR count). The summed E-state index contributed by atoms with van der Waals surface area (Å²) in [5.74, 6) is 1.67. The average molecular weight is 217 g/mol. The first-order valence-corrected chi connectivity index (χ1v) is 6.78. The third-order valence-corrected chi connectivity index (χ3v) is 4.00. The number of alkyl halides is 1. The van der Waals surface area contributed by atoms with Crippen LogP contribution >= 0.6 is 11.6 Å². The molecule has 0 bridgehead atoms. The zero-order chi connectivity index (χ0) is 10.4. The van der Waals surface area contributed by atoms with Crippen molar-refractivity contribution in [2.45, 2.75) is 70.6 Å². The van der Waals surface area contributed by atoms with Gasteiger partial charge in [-0.1, -0.05) is 46.0 Å². The van der Waals surface area contributed by atoms with Crippen LogP contribution in [0.2, 0.25) is 0 Å². The Balaban J connectivity index is 2.19. The van der Waals surface area contributed by atoms with E-state index in [-0.39, 0.29) is 0 Å². The summed E-state index contributed by atoms with van der Waals surface area (Å²) in [4.78, 5) is 0. The molecular formula is C13H25Cl. The molecule has 0 aromatic heterocycles. The van der Waals surface area contributed by atoms with Crippen molar-refractivity contribution in [2.24, 2.45) is 11.8 Å². The molecule has 2 unspecified atom stereocenters. The Kier molecular flexibility index (Phi) is 5.93. The smallest absolute Gasteiger partial charge is 0.0364 e. The Morgan fingerprint density at radius 3 is 2.57 bits per heavy atom. The van der Waals surface area contributed by atoms with Crippen LogP contribution in [-0.4, -0.2) is 5.38 Å². The summed E-state index contributed by atoms with van der Waals surface area (Å²) in [5, 5.41) is 0.477. The highest BCUT2D eigenvalue weighted by atomic mass is 35.5. The van der Waals surface area contributed by atoms with Gasteiger partial charge < -0.3 is 0 Å². The van der Waals surface area contributed by atoms with Crippen LogP contribution in [0, 0.1) is 11.8 Å². The van der Waals surface area contributed by atoms with Crippen molar-refractivity contribution in [3.05, 3.63) is 0 Å². The number of hydrogen-bond donors (Lipinski definition) is 0. The van der Waals surface area contributed by atoms with Crippen LogP contribution < -0.4 is 0 Å². The van der Waals surface area contributed by atoms with Gasteiger partial charge in [0.2, 0.25) is 0 Å². The summed E-state index contributed by atoms with van der Waals surface area (Å²) in [6.07, 6.45) is 10.9. The molecule has 14 heavy (non-hydrogen) atoms. The van der Waals surface area contributed by atoms with Gasteiger partial charge in [-0.3, -0.25) is 0 Å². The van der Waals surface area contributed by atoms with E-state index in [2.05, 4.69) is 13.8 Å². The fraction of sp³-hybridized carbons (Fsp3) is 1.00. The average Bonchev–Trinajstić information content (AvgIpc) is 2.31. The van der Waals surface area contributed by atoms with E-state index >= 15 is 0 Å². The topological polar surface area (TPSA) is 0 Å². The molecule has 1 fully saturated rings. The van der Waals surface area contributed by atoms with Gasteiger partial charge in [0.1, 0.15) is 0 Å². The maximum absolute atomic E-state index is 6.40. The van der Waals surface area contributed by atoms with Crippen LogP contribution in [0.1, 0.15) is 65.2 Å². The molecule has 1 aliphatic carbocycles. The van der Waals surface area contributed by atoms with Gasteiger partial charge in [0.05, 0.1) is 0 Å². The predicted molar refractivity (Wildman–Crippen MR) is 64.9 cm³/mol. The zero-order valence-corrected chi connectivity index (χ0v) is 10.5. The van der Waals surface area contributed by atoms with Crippen molar-refractivity contribution >= 4 is 11.6 Å². The molecule has 1 heteroatoms. The molecular weight excluding hydrogens is 192 g/mol. The van der Waals surface area contributed by atoms with E-state index in [0.717, 1.165) is 11.8 Å². The molecule has 0 spiro atoms. The lowest BCUT2D eigenvalue weighted by Crippen LogP contribution is -2.13. The Hall–Kier alpha value is 0.290. The summed E-state index contributed by atoms with van der Waals surface area (Å²) >= 11 is 6.40. The highest BCUT2D eigenvalue weighted by molar-refractivity contribution is 6.20. The van der Waals surface area contributed by atoms with Gasteiger partial charge in [0.15, 0.2) is 0 Å². The van der Waals surface area contributed by atoms with E-state index in [0.29, 0.717) is 5.38 Å². The molecule has 1 aliphatic rings. The van der Waals surface area contributed by atoms with Crippen molar-refractivity contribution in [3.63, 3.8) is 0 Å². The van der Waals surface area contributed by atoms with Crippen molar-refractivity contribution in [2.75, 3.05) is 0 Å². The van der Waals surface area contributed by atoms with E-state index in [9.17, 15) is 0 Å². The number of halogens is 1. The third-order valence-electron chi connectivity index (χ3n) is 3.42. The summed E-state index contributed by atoms with van der Waals surface area (Å²) in [6, 6.07) is 0. The van der Waals surface area contributed by atoms with Crippen LogP contribution in [0.5, 0.6) is 0 Å². The Bertz CT molecular complexity index is 142. The van der Waals surface area contributed by atoms with Gasteiger partial charge in [-0.25, -0.2) is 0 Å². The normalized spacial score (nSPS) is 29.1. The van der Waals surface area contributed by atoms with Crippen LogP contribution in [0.3, 0.4) is 0 Å². The molecule has 0 radical (unpaired) electrons.